The number of rotatable bonds is 42. The predicted molar refractivity (Wildman–Crippen MR) is 342 cm³/mol. The van der Waals surface area contributed by atoms with E-state index in [0.717, 1.165) is 31.6 Å². The number of hydrogen-bond acceptors (Lipinski definition) is 9. The van der Waals surface area contributed by atoms with Crippen molar-refractivity contribution >= 4 is 78.0 Å². The van der Waals surface area contributed by atoms with Crippen LogP contribution in [0.25, 0.3) is 0 Å². The molecule has 0 spiro atoms. The number of unbranched alkanes of at least 4 members (excludes halogenated alkanes) is 27. The molecule has 0 aliphatic carbocycles. The molecule has 1 fully saturated rings. The normalized spacial score (nSPS) is 11.4. The van der Waals surface area contributed by atoms with E-state index < -0.39 is 9.23 Å². The van der Waals surface area contributed by atoms with E-state index in [0.29, 0.717) is 40.2 Å². The van der Waals surface area contributed by atoms with Gasteiger partial charge in [0.1, 0.15) is 6.79 Å². The van der Waals surface area contributed by atoms with Gasteiger partial charge in [-0.3, -0.25) is 4.79 Å². The third kappa shape index (κ3) is 141. The van der Waals surface area contributed by atoms with Gasteiger partial charge in [-0.25, -0.2) is 4.21 Å². The Morgan fingerprint density at radius 2 is 0.705 bits per heavy atom. The summed E-state index contributed by atoms with van der Waals surface area (Å²) in [5.41, 5.74) is 0. The number of hydrogen-bond donors (Lipinski definition) is 2. The Kier molecular flexibility index (Phi) is 135. The summed E-state index contributed by atoms with van der Waals surface area (Å²) in [6.45, 7) is 20.7. The first kappa shape index (κ1) is 96.9. The van der Waals surface area contributed by atoms with E-state index in [1.165, 1.54) is 219 Å². The summed E-state index contributed by atoms with van der Waals surface area (Å²) in [5, 5.41) is 17.1. The van der Waals surface area contributed by atoms with Gasteiger partial charge < -0.3 is 53.3 Å². The molecule has 1 rings (SSSR count). The topological polar surface area (TPSA) is 129 Å². The van der Waals surface area contributed by atoms with Gasteiger partial charge in [-0.05, 0) is 122 Å². The minimum Gasteiger partial charge on any atom is -1.00 e. The molecule has 15 heteroatoms. The fourth-order valence-corrected chi connectivity index (χ4v) is 6.55. The molecule has 0 amide bonds. The van der Waals surface area contributed by atoms with Crippen molar-refractivity contribution in [3.63, 3.8) is 0 Å². The van der Waals surface area contributed by atoms with Crippen molar-refractivity contribution in [2.75, 3.05) is 46.1 Å². The second-order valence-electron chi connectivity index (χ2n) is 18.1. The van der Waals surface area contributed by atoms with Gasteiger partial charge >= 0.3 is 29.0 Å². The van der Waals surface area contributed by atoms with Crippen LogP contribution in [0.4, 0.5) is 0 Å². The molecule has 0 aromatic carbocycles. The molecule has 0 aromatic rings. The molecule has 0 saturated carbocycles. The second-order valence-corrected chi connectivity index (χ2v) is 21.1. The van der Waals surface area contributed by atoms with Crippen molar-refractivity contribution in [3.05, 3.63) is 67.7 Å². The SMILES string of the molecule is C1OCOCO1.C=O.CCC/C=C\CCCCCCCO.CCC/C=C\CCCCCCCOC(C)=O.CCC/C=C\CCCCCCCl.CCC/C=C\CCCCCCO.O=S(Cl)Cl.[CH2-]CCCCC/C=C\CCC.[Cl-].[Mg+2]. The van der Waals surface area contributed by atoms with Crippen LogP contribution >= 0.6 is 33.0 Å². The zero-order valence-corrected chi connectivity index (χ0v) is 56.4. The third-order valence-electron chi connectivity index (χ3n) is 10.6. The number of allylic oxidation sites excluding steroid dienone is 10. The van der Waals surface area contributed by atoms with Gasteiger partial charge in [-0.1, -0.05) is 205 Å². The maximum Gasteiger partial charge on any atom is 2.00 e. The van der Waals surface area contributed by atoms with Gasteiger partial charge in [0.25, 0.3) is 0 Å². The Morgan fingerprint density at radius 3 is 0.936 bits per heavy atom. The first-order valence-electron chi connectivity index (χ1n) is 29.9. The largest absolute Gasteiger partial charge is 2.00 e. The molecule has 464 valence electrons. The molecule has 0 radical (unpaired) electrons. The molecule has 1 heterocycles. The summed E-state index contributed by atoms with van der Waals surface area (Å²) in [4.78, 5) is 18.5. The number of carbonyl (C=O) groups is 2. The summed E-state index contributed by atoms with van der Waals surface area (Å²) >= 11 is 5.57. The van der Waals surface area contributed by atoms with Crippen LogP contribution in [0.15, 0.2) is 60.8 Å². The Bertz CT molecular complexity index is 1110. The van der Waals surface area contributed by atoms with Gasteiger partial charge in [-0.2, -0.15) is 6.42 Å². The van der Waals surface area contributed by atoms with Crippen LogP contribution in [-0.4, -0.2) is 96.3 Å². The molecule has 0 atom stereocenters. The van der Waals surface area contributed by atoms with Gasteiger partial charge in [0.15, 0.2) is 20.4 Å². The average molecular weight is 1220 g/mol. The van der Waals surface area contributed by atoms with E-state index in [1.54, 1.807) is 0 Å². The molecule has 1 saturated heterocycles. The molecule has 78 heavy (non-hydrogen) atoms. The van der Waals surface area contributed by atoms with Gasteiger partial charge in [0, 0.05) is 47.4 Å². The van der Waals surface area contributed by atoms with Crippen molar-refractivity contribution in [3.8, 4) is 0 Å². The number of esters is 1. The molecule has 2 N–H and O–H groups in total. The van der Waals surface area contributed by atoms with E-state index in [2.05, 4.69) is 138 Å². The minimum absolute atomic E-state index is 0. The molecule has 1 aliphatic heterocycles. The Hall–Kier alpha value is -0.284. The molecular formula is C63H122Cl4MgO9S. The predicted octanol–water partition coefficient (Wildman–Crippen LogP) is 17.3. The number of halogens is 4. The first-order valence-corrected chi connectivity index (χ1v) is 33.2. The van der Waals surface area contributed by atoms with E-state index in [-0.39, 0.29) is 41.4 Å². The van der Waals surface area contributed by atoms with Crippen molar-refractivity contribution < 1.29 is 55.4 Å². The molecular weight excluding hydrogens is 1100 g/mol. The van der Waals surface area contributed by atoms with Crippen molar-refractivity contribution in [2.24, 2.45) is 0 Å². The van der Waals surface area contributed by atoms with Crippen LogP contribution < -0.4 is 12.4 Å². The standard InChI is InChI=1S/C14H26O2.C12H24O.C11H21Cl.C11H22O.C11H21.C3H6O3.CH2O.Cl2OS.ClH.Mg/c1-3-4-5-6-7-8-9-10-11-12-13-16-14(2)15;1-2-3-4-5-6-7-8-9-10-11-12-13;2*1-2-3-4-5-6-7-8-9-10-11-12;1-3-5-7-9-11-10-8-6-4-2;1-4-2-6-3-5-1;1-2;1-4(2)3;;/h5-6H,3-4,7-13H2,1-2H3;4-5,13H,2-3,6-12H2,1H3;4-5H,2-3,6-11H2,1H3;4-5,12H,2-3,6-11H2,1H3;8,10H,1,3-7,9,11H2,2H3;1-3H2;1H2;;1H;/q;;;;-1;;;;;+2/p-1/b6-5-;3*5-4-;10-8-;;;;;. The maximum absolute atomic E-state index is 10.5. The summed E-state index contributed by atoms with van der Waals surface area (Å²) in [6.07, 6.45) is 68.5. The summed E-state index contributed by atoms with van der Waals surface area (Å²) in [6, 6.07) is 0. The van der Waals surface area contributed by atoms with E-state index in [4.69, 9.17) is 35.6 Å². The average Bonchev–Trinajstić information content (AvgIpc) is 3.43. The van der Waals surface area contributed by atoms with Crippen LogP contribution in [0.1, 0.15) is 279 Å². The van der Waals surface area contributed by atoms with Crippen molar-refractivity contribution in [2.45, 2.75) is 279 Å². The summed E-state index contributed by atoms with van der Waals surface area (Å²) in [5.74, 6) is 0.659. The smallest absolute Gasteiger partial charge is 1.00 e. The van der Waals surface area contributed by atoms with E-state index >= 15 is 0 Å². The zero-order valence-electron chi connectivity index (χ0n) is 51.2. The van der Waals surface area contributed by atoms with E-state index in [9.17, 15) is 4.79 Å². The molecule has 0 unspecified atom stereocenters. The van der Waals surface area contributed by atoms with Gasteiger partial charge in [-0.15, -0.1) is 11.6 Å². The number of aliphatic hydroxyl groups excluding tert-OH is 2. The van der Waals surface area contributed by atoms with Crippen LogP contribution in [0, 0.1) is 6.92 Å². The number of alkyl halides is 1. The quantitative estimate of drug-likeness (QED) is 0.0117. The fourth-order valence-electron chi connectivity index (χ4n) is 6.36. The van der Waals surface area contributed by atoms with Crippen LogP contribution in [0.3, 0.4) is 0 Å². The Balaban J connectivity index is -0.000000103. The van der Waals surface area contributed by atoms with Crippen LogP contribution in [0.5, 0.6) is 0 Å². The van der Waals surface area contributed by atoms with Crippen LogP contribution in [0.2, 0.25) is 0 Å². The monoisotopic (exact) mass is 1220 g/mol. The zero-order chi connectivity index (χ0) is 58.2. The van der Waals surface area contributed by atoms with Crippen molar-refractivity contribution in [1.29, 1.82) is 0 Å². The minimum atomic E-state index is -1.67. The molecule has 9 nitrogen and oxygen atoms in total. The summed E-state index contributed by atoms with van der Waals surface area (Å²) in [7, 11) is 7.36. The van der Waals surface area contributed by atoms with Gasteiger partial charge in [0.2, 0.25) is 9.23 Å². The number of aliphatic hydroxyl groups is 2. The Morgan fingerprint density at radius 1 is 0.474 bits per heavy atom. The van der Waals surface area contributed by atoms with Crippen molar-refractivity contribution in [1.82, 2.24) is 0 Å². The fraction of sp³-hybridized carbons (Fsp3) is 0.794. The maximum atomic E-state index is 10.5. The Labute approximate surface area is 522 Å². The second kappa shape index (κ2) is 108. The molecule has 1 aliphatic rings. The third-order valence-corrected chi connectivity index (χ3v) is 10.9. The van der Waals surface area contributed by atoms with E-state index in [1.807, 2.05) is 6.79 Å². The van der Waals surface area contributed by atoms with Crippen LogP contribution in [-0.2, 0) is 37.8 Å². The number of ether oxygens (including phenoxy) is 4. The first-order chi connectivity index (χ1) is 37.2. The molecule has 0 aromatic heterocycles. The van der Waals surface area contributed by atoms with Gasteiger partial charge in [0.05, 0.1) is 6.61 Å². The molecule has 0 bridgehead atoms. The number of carbonyl (C=O) groups excluding carboxylic acids is 2. The summed E-state index contributed by atoms with van der Waals surface area (Å²) < 4.78 is 27.8.